The third-order valence-electron chi connectivity index (χ3n) is 6.49. The summed E-state index contributed by atoms with van der Waals surface area (Å²) in [5.74, 6) is 0.691. The Hall–Kier alpha value is -2.33. The van der Waals surface area contributed by atoms with E-state index < -0.39 is 0 Å². The summed E-state index contributed by atoms with van der Waals surface area (Å²) in [4.78, 5) is 12.6. The zero-order valence-electron chi connectivity index (χ0n) is 22.8. The van der Waals surface area contributed by atoms with Crippen LogP contribution in [0.3, 0.4) is 0 Å². The molecule has 2 aromatic rings. The maximum atomic E-state index is 12.6. The molecule has 0 amide bonds. The molecule has 0 heterocycles. The van der Waals surface area contributed by atoms with Crippen molar-refractivity contribution in [3.05, 3.63) is 65.7 Å². The Morgan fingerprint density at radius 1 is 0.886 bits per heavy atom. The van der Waals surface area contributed by atoms with E-state index in [1.807, 2.05) is 19.1 Å². The van der Waals surface area contributed by atoms with Gasteiger partial charge >= 0.3 is 5.97 Å². The molecule has 0 radical (unpaired) electrons. The summed E-state index contributed by atoms with van der Waals surface area (Å²) in [6, 6.07) is 18.8. The molecule has 0 aliphatic rings. The summed E-state index contributed by atoms with van der Waals surface area (Å²) >= 11 is 0. The molecule has 0 saturated carbocycles. The van der Waals surface area contributed by atoms with Gasteiger partial charge in [-0.3, -0.25) is 4.79 Å². The fraction of sp³-hybridized carbons (Fsp3) is 0.581. The number of esters is 1. The highest BCUT2D eigenvalue weighted by atomic mass is 16.5. The van der Waals surface area contributed by atoms with Crippen molar-refractivity contribution in [3.63, 3.8) is 0 Å². The number of hydrogen-bond donors (Lipinski definition) is 0. The second-order valence-corrected chi connectivity index (χ2v) is 10.7. The van der Waals surface area contributed by atoms with Crippen molar-refractivity contribution < 1.29 is 18.8 Å². The number of para-hydroxylation sites is 1. The molecule has 194 valence electrons. The SMILES string of the molecule is CCCCCCCCc1ccccc1OC(C)CCOC(=O)C(C)C[N+](C)(C)Cc1ccccc1. The van der Waals surface area contributed by atoms with E-state index in [2.05, 4.69) is 70.4 Å². The van der Waals surface area contributed by atoms with Gasteiger partial charge in [-0.1, -0.05) is 87.6 Å². The monoisotopic (exact) mass is 482 g/mol. The molecule has 35 heavy (non-hydrogen) atoms. The number of quaternary nitrogens is 1. The predicted molar refractivity (Wildman–Crippen MR) is 145 cm³/mol. The lowest BCUT2D eigenvalue weighted by Gasteiger charge is -2.32. The van der Waals surface area contributed by atoms with Gasteiger partial charge in [0.2, 0.25) is 0 Å². The quantitative estimate of drug-likeness (QED) is 0.136. The topological polar surface area (TPSA) is 35.5 Å². The first-order valence-corrected chi connectivity index (χ1v) is 13.6. The molecule has 0 aliphatic carbocycles. The minimum atomic E-state index is -0.150. The van der Waals surface area contributed by atoms with Gasteiger partial charge in [0.05, 0.1) is 33.4 Å². The number of ether oxygens (including phenoxy) is 2. The van der Waals surface area contributed by atoms with E-state index in [0.29, 0.717) is 13.0 Å². The van der Waals surface area contributed by atoms with Gasteiger partial charge in [-0.25, -0.2) is 0 Å². The van der Waals surface area contributed by atoms with Gasteiger partial charge < -0.3 is 14.0 Å². The average Bonchev–Trinajstić information content (AvgIpc) is 2.82. The van der Waals surface area contributed by atoms with Crippen molar-refractivity contribution in [1.82, 2.24) is 0 Å². The van der Waals surface area contributed by atoms with Crippen LogP contribution in [0.15, 0.2) is 54.6 Å². The van der Waals surface area contributed by atoms with Crippen LogP contribution < -0.4 is 4.74 Å². The molecule has 0 aromatic heterocycles. The summed E-state index contributed by atoms with van der Waals surface area (Å²) in [6.07, 6.45) is 9.50. The first-order chi connectivity index (χ1) is 16.8. The van der Waals surface area contributed by atoms with Gasteiger partial charge in [0.1, 0.15) is 18.2 Å². The summed E-state index contributed by atoms with van der Waals surface area (Å²) in [7, 11) is 4.32. The Balaban J connectivity index is 1.71. The fourth-order valence-electron chi connectivity index (χ4n) is 4.62. The molecule has 4 heteroatoms. The summed E-state index contributed by atoms with van der Waals surface area (Å²) < 4.78 is 12.6. The van der Waals surface area contributed by atoms with Crippen LogP contribution in [0.2, 0.25) is 0 Å². The molecule has 2 rings (SSSR count). The van der Waals surface area contributed by atoms with Gasteiger partial charge in [-0.05, 0) is 38.3 Å². The van der Waals surface area contributed by atoms with Crippen LogP contribution in [0, 0.1) is 5.92 Å². The molecule has 2 atom stereocenters. The second kappa shape index (κ2) is 15.6. The Bertz CT molecular complexity index is 849. The largest absolute Gasteiger partial charge is 0.490 e. The zero-order valence-corrected chi connectivity index (χ0v) is 22.8. The fourth-order valence-corrected chi connectivity index (χ4v) is 4.62. The molecule has 0 fully saturated rings. The highest BCUT2D eigenvalue weighted by Crippen LogP contribution is 2.23. The summed E-state index contributed by atoms with van der Waals surface area (Å²) in [5.41, 5.74) is 2.56. The summed E-state index contributed by atoms with van der Waals surface area (Å²) in [5, 5.41) is 0. The van der Waals surface area contributed by atoms with Crippen LogP contribution in [0.25, 0.3) is 0 Å². The zero-order chi connectivity index (χ0) is 25.5. The number of rotatable bonds is 17. The minimum Gasteiger partial charge on any atom is -0.490 e. The standard InChI is InChI=1S/C31H48NO3/c1-6-7-8-9-10-14-19-29-20-15-16-21-30(29)35-27(3)22-23-34-31(33)26(2)24-32(4,5)25-28-17-12-11-13-18-28/h11-13,15-18,20-21,26-27H,6-10,14,19,22-25H2,1-5H3/q+1. The Labute approximate surface area is 214 Å². The van der Waals surface area contributed by atoms with E-state index in [9.17, 15) is 4.79 Å². The van der Waals surface area contributed by atoms with E-state index >= 15 is 0 Å². The molecule has 2 unspecified atom stereocenters. The van der Waals surface area contributed by atoms with Gasteiger partial charge in [0.25, 0.3) is 0 Å². The molecule has 0 saturated heterocycles. The molecule has 2 aromatic carbocycles. The van der Waals surface area contributed by atoms with Gasteiger partial charge in [0.15, 0.2) is 0 Å². The first-order valence-electron chi connectivity index (χ1n) is 13.6. The van der Waals surface area contributed by atoms with Crippen LogP contribution in [0.5, 0.6) is 5.75 Å². The number of unbranched alkanes of at least 4 members (excludes halogenated alkanes) is 5. The van der Waals surface area contributed by atoms with Crippen LogP contribution in [0.4, 0.5) is 0 Å². The van der Waals surface area contributed by atoms with Crippen LogP contribution >= 0.6 is 0 Å². The van der Waals surface area contributed by atoms with Gasteiger partial charge in [-0.15, -0.1) is 0 Å². The minimum absolute atomic E-state index is 0.00545. The summed E-state index contributed by atoms with van der Waals surface area (Å²) in [6.45, 7) is 8.29. The average molecular weight is 483 g/mol. The van der Waals surface area contributed by atoms with Crippen LogP contribution in [-0.2, 0) is 22.5 Å². The third-order valence-corrected chi connectivity index (χ3v) is 6.49. The van der Waals surface area contributed by atoms with E-state index in [1.165, 1.54) is 49.7 Å². The smallest absolute Gasteiger partial charge is 0.314 e. The molecule has 0 bridgehead atoms. The van der Waals surface area contributed by atoms with Crippen molar-refractivity contribution in [2.45, 2.75) is 84.8 Å². The molecule has 0 spiro atoms. The number of carbonyl (C=O) groups is 1. The van der Waals surface area contributed by atoms with E-state index in [4.69, 9.17) is 9.47 Å². The Morgan fingerprint density at radius 2 is 1.54 bits per heavy atom. The molecular weight excluding hydrogens is 434 g/mol. The maximum absolute atomic E-state index is 12.6. The number of nitrogens with zero attached hydrogens (tertiary/aromatic N) is 1. The third kappa shape index (κ3) is 11.8. The van der Waals surface area contributed by atoms with Crippen molar-refractivity contribution in [2.24, 2.45) is 5.92 Å². The lowest BCUT2D eigenvalue weighted by molar-refractivity contribution is -0.905. The number of carbonyl (C=O) groups excluding carboxylic acids is 1. The number of benzene rings is 2. The predicted octanol–water partition coefficient (Wildman–Crippen LogP) is 7.20. The van der Waals surface area contributed by atoms with Gasteiger partial charge in [-0.2, -0.15) is 0 Å². The lowest BCUT2D eigenvalue weighted by Crippen LogP contribution is -2.44. The highest BCUT2D eigenvalue weighted by Gasteiger charge is 2.25. The Kier molecular flexibility index (Phi) is 12.9. The molecule has 4 nitrogen and oxygen atoms in total. The second-order valence-electron chi connectivity index (χ2n) is 10.7. The van der Waals surface area contributed by atoms with Crippen molar-refractivity contribution >= 4 is 5.97 Å². The lowest BCUT2D eigenvalue weighted by atomic mass is 10.0. The van der Waals surface area contributed by atoms with Crippen molar-refractivity contribution in [3.8, 4) is 5.75 Å². The van der Waals surface area contributed by atoms with Gasteiger partial charge in [0, 0.05) is 12.0 Å². The molecule has 0 aliphatic heterocycles. The first kappa shape index (κ1) is 28.9. The van der Waals surface area contributed by atoms with E-state index in [0.717, 1.165) is 29.7 Å². The normalized spacial score (nSPS) is 13.3. The number of aryl methyl sites for hydroxylation is 1. The molecular formula is C31H48NO3+. The van der Waals surface area contributed by atoms with Crippen LogP contribution in [0.1, 0.15) is 76.8 Å². The highest BCUT2D eigenvalue weighted by molar-refractivity contribution is 5.72. The van der Waals surface area contributed by atoms with Crippen molar-refractivity contribution in [1.29, 1.82) is 0 Å². The van der Waals surface area contributed by atoms with Crippen molar-refractivity contribution in [2.75, 3.05) is 27.2 Å². The van der Waals surface area contributed by atoms with E-state index in [-0.39, 0.29) is 18.0 Å². The molecule has 0 N–H and O–H groups in total. The number of hydrogen-bond acceptors (Lipinski definition) is 3. The Morgan fingerprint density at radius 3 is 2.29 bits per heavy atom. The van der Waals surface area contributed by atoms with Crippen LogP contribution in [-0.4, -0.2) is 43.8 Å². The maximum Gasteiger partial charge on any atom is 0.314 e. The van der Waals surface area contributed by atoms with E-state index in [1.54, 1.807) is 0 Å².